The molecule has 1 aliphatic heterocycles. The zero-order chi connectivity index (χ0) is 20.3. The second-order valence-corrected chi connectivity index (χ2v) is 10.4. The number of carbonyl (C=O) groups is 2. The van der Waals surface area contributed by atoms with Crippen LogP contribution in [-0.4, -0.2) is 60.0 Å². The molecule has 1 unspecified atom stereocenters. The molecule has 0 aromatic rings. The minimum absolute atomic E-state index is 0.220. The summed E-state index contributed by atoms with van der Waals surface area (Å²) in [6.07, 6.45) is -0.716. The highest BCUT2D eigenvalue weighted by Crippen LogP contribution is 2.56. The molecule has 10 heteroatoms. The first-order valence-electron chi connectivity index (χ1n) is 8.48. The van der Waals surface area contributed by atoms with E-state index in [0.29, 0.717) is 12.8 Å². The van der Waals surface area contributed by atoms with Gasteiger partial charge in [0.2, 0.25) is 0 Å². The van der Waals surface area contributed by atoms with Crippen LogP contribution < -0.4 is 0 Å². The van der Waals surface area contributed by atoms with Gasteiger partial charge >= 0.3 is 19.8 Å². The molecule has 152 valence electrons. The number of amides is 2. The van der Waals surface area contributed by atoms with Gasteiger partial charge in [0.25, 0.3) is 0 Å². The fourth-order valence-corrected chi connectivity index (χ4v) is 4.07. The average Bonchev–Trinajstić information content (AvgIpc) is 2.50. The van der Waals surface area contributed by atoms with Crippen molar-refractivity contribution in [1.82, 2.24) is 10.0 Å². The van der Waals surface area contributed by atoms with Crippen molar-refractivity contribution in [2.24, 2.45) is 0 Å². The van der Waals surface area contributed by atoms with Gasteiger partial charge in [0.15, 0.2) is 5.78 Å². The number of ether oxygens (including phenoxy) is 2. The third-order valence-corrected chi connectivity index (χ3v) is 5.66. The highest BCUT2D eigenvalue weighted by molar-refractivity contribution is 7.54. The Morgan fingerprint density at radius 2 is 1.38 bits per heavy atom. The molecule has 0 saturated carbocycles. The first kappa shape index (κ1) is 22.7. The van der Waals surface area contributed by atoms with Crippen molar-refractivity contribution in [3.63, 3.8) is 0 Å². The standard InChI is InChI=1S/C16H31N2O7P/c1-15(2,3)24-13(19)17-11-9-10-12(26(21,22-7)23-8)18(17)14(20)25-16(4,5)6/h12H,9-11H2,1-8H3. The lowest BCUT2D eigenvalue weighted by Gasteiger charge is -2.44. The molecule has 0 spiro atoms. The first-order valence-corrected chi connectivity index (χ1v) is 10.1. The van der Waals surface area contributed by atoms with Crippen molar-refractivity contribution in [3.05, 3.63) is 0 Å². The fraction of sp³-hybridized carbons (Fsp3) is 0.875. The van der Waals surface area contributed by atoms with Gasteiger partial charge in [-0.3, -0.25) is 4.57 Å². The normalized spacial score (nSPS) is 19.3. The van der Waals surface area contributed by atoms with Gasteiger partial charge < -0.3 is 18.5 Å². The predicted molar refractivity (Wildman–Crippen MR) is 95.7 cm³/mol. The third kappa shape index (κ3) is 5.86. The van der Waals surface area contributed by atoms with Crippen molar-refractivity contribution in [2.75, 3.05) is 20.8 Å². The van der Waals surface area contributed by atoms with E-state index in [2.05, 4.69) is 0 Å². The Hall–Kier alpha value is -1.31. The Balaban J connectivity index is 3.28. The molecule has 1 saturated heterocycles. The van der Waals surface area contributed by atoms with Crippen LogP contribution in [-0.2, 0) is 23.1 Å². The van der Waals surface area contributed by atoms with Crippen molar-refractivity contribution in [1.29, 1.82) is 0 Å². The lowest BCUT2D eigenvalue weighted by Crippen LogP contribution is -2.59. The minimum atomic E-state index is -3.68. The molecule has 1 aliphatic rings. The van der Waals surface area contributed by atoms with E-state index in [0.717, 1.165) is 10.0 Å². The van der Waals surface area contributed by atoms with Gasteiger partial charge in [0, 0.05) is 20.8 Å². The van der Waals surface area contributed by atoms with Gasteiger partial charge in [-0.25, -0.2) is 14.6 Å². The van der Waals surface area contributed by atoms with Gasteiger partial charge in [-0.1, -0.05) is 0 Å². The van der Waals surface area contributed by atoms with E-state index >= 15 is 0 Å². The summed E-state index contributed by atoms with van der Waals surface area (Å²) in [5.74, 6) is -0.992. The van der Waals surface area contributed by atoms with E-state index in [4.69, 9.17) is 18.5 Å². The Morgan fingerprint density at radius 1 is 0.923 bits per heavy atom. The first-order chi connectivity index (χ1) is 11.7. The highest BCUT2D eigenvalue weighted by atomic mass is 31.2. The Bertz CT molecular complexity index is 560. The quantitative estimate of drug-likeness (QED) is 0.668. The summed E-state index contributed by atoms with van der Waals surface area (Å²) in [7, 11) is -1.20. The maximum atomic E-state index is 13.0. The van der Waals surface area contributed by atoms with Gasteiger partial charge in [-0.05, 0) is 54.4 Å². The monoisotopic (exact) mass is 394 g/mol. The molecule has 0 aliphatic carbocycles. The molecule has 0 radical (unpaired) electrons. The van der Waals surface area contributed by atoms with Crippen molar-refractivity contribution < 1.29 is 32.7 Å². The summed E-state index contributed by atoms with van der Waals surface area (Å²) >= 11 is 0. The van der Waals surface area contributed by atoms with Crippen LogP contribution in [0.4, 0.5) is 9.59 Å². The predicted octanol–water partition coefficient (Wildman–Crippen LogP) is 3.98. The van der Waals surface area contributed by atoms with E-state index in [1.807, 2.05) is 0 Å². The molecule has 1 rings (SSSR count). The van der Waals surface area contributed by atoms with Crippen LogP contribution in [0.5, 0.6) is 0 Å². The second kappa shape index (κ2) is 8.15. The molecule has 0 bridgehead atoms. The lowest BCUT2D eigenvalue weighted by atomic mass is 10.2. The third-order valence-electron chi connectivity index (χ3n) is 3.43. The van der Waals surface area contributed by atoms with Crippen LogP contribution in [0, 0.1) is 0 Å². The molecule has 0 N–H and O–H groups in total. The second-order valence-electron chi connectivity index (χ2n) is 7.96. The zero-order valence-corrected chi connectivity index (χ0v) is 17.8. The van der Waals surface area contributed by atoms with E-state index in [1.165, 1.54) is 14.2 Å². The van der Waals surface area contributed by atoms with Gasteiger partial charge in [0.05, 0.1) is 0 Å². The molecular weight excluding hydrogens is 363 g/mol. The average molecular weight is 394 g/mol. The summed E-state index contributed by atoms with van der Waals surface area (Å²) in [6, 6.07) is 0. The molecule has 2 amide bonds. The lowest BCUT2D eigenvalue weighted by molar-refractivity contribution is -0.0845. The number of hydrogen-bond acceptors (Lipinski definition) is 7. The maximum Gasteiger partial charge on any atom is 0.430 e. The van der Waals surface area contributed by atoms with Crippen LogP contribution in [0.15, 0.2) is 0 Å². The fourth-order valence-electron chi connectivity index (χ4n) is 2.45. The highest BCUT2D eigenvalue weighted by Gasteiger charge is 2.49. The van der Waals surface area contributed by atoms with Crippen LogP contribution in [0.3, 0.4) is 0 Å². The Morgan fingerprint density at radius 3 is 1.81 bits per heavy atom. The molecule has 9 nitrogen and oxygen atoms in total. The molecule has 26 heavy (non-hydrogen) atoms. The largest absolute Gasteiger partial charge is 0.442 e. The number of carbonyl (C=O) groups excluding carboxylic acids is 2. The van der Waals surface area contributed by atoms with Crippen molar-refractivity contribution >= 4 is 19.8 Å². The van der Waals surface area contributed by atoms with E-state index in [1.54, 1.807) is 41.5 Å². The van der Waals surface area contributed by atoms with Crippen molar-refractivity contribution in [3.8, 4) is 0 Å². The van der Waals surface area contributed by atoms with Gasteiger partial charge in [-0.15, -0.1) is 0 Å². The van der Waals surface area contributed by atoms with Crippen LogP contribution in [0.1, 0.15) is 54.4 Å². The molecule has 0 aromatic carbocycles. The zero-order valence-electron chi connectivity index (χ0n) is 16.9. The van der Waals surface area contributed by atoms with E-state index in [-0.39, 0.29) is 6.54 Å². The number of hydrogen-bond donors (Lipinski definition) is 0. The molecule has 0 aromatic heterocycles. The summed E-state index contributed by atoms with van der Waals surface area (Å²) < 4.78 is 33.9. The smallest absolute Gasteiger partial charge is 0.430 e. The molecule has 1 fully saturated rings. The minimum Gasteiger partial charge on any atom is -0.442 e. The maximum absolute atomic E-state index is 13.0. The summed E-state index contributed by atoms with van der Waals surface area (Å²) in [4.78, 5) is 25.4. The number of hydrazine groups is 1. The van der Waals surface area contributed by atoms with Gasteiger partial charge in [-0.2, -0.15) is 5.01 Å². The van der Waals surface area contributed by atoms with Crippen LogP contribution in [0.25, 0.3) is 0 Å². The number of rotatable bonds is 3. The van der Waals surface area contributed by atoms with Crippen LogP contribution >= 0.6 is 7.60 Å². The summed E-state index contributed by atoms with van der Waals surface area (Å²) in [5, 5.41) is 2.12. The Labute approximate surface area is 155 Å². The summed E-state index contributed by atoms with van der Waals surface area (Å²) in [5.41, 5.74) is -1.56. The number of nitrogens with zero attached hydrogens (tertiary/aromatic N) is 2. The SMILES string of the molecule is COP(=O)(OC)C1CCCN(C(=O)OC(C)(C)C)N1C(=O)OC(C)(C)C. The van der Waals surface area contributed by atoms with Gasteiger partial charge in [0.1, 0.15) is 11.2 Å². The Kier molecular flexibility index (Phi) is 7.12. The summed E-state index contributed by atoms with van der Waals surface area (Å²) in [6.45, 7) is 10.5. The van der Waals surface area contributed by atoms with Crippen molar-refractivity contribution in [2.45, 2.75) is 71.4 Å². The molecule has 1 atom stereocenters. The van der Waals surface area contributed by atoms with Crippen LogP contribution in [0.2, 0.25) is 0 Å². The van der Waals surface area contributed by atoms with E-state index in [9.17, 15) is 14.2 Å². The topological polar surface area (TPSA) is 94.6 Å². The molecular formula is C16H31N2O7P. The van der Waals surface area contributed by atoms with E-state index < -0.39 is 36.8 Å². The molecule has 1 heterocycles.